The number of rotatable bonds is 2. The predicted octanol–water partition coefficient (Wildman–Crippen LogP) is 2.88. The van der Waals surface area contributed by atoms with Crippen LogP contribution in [-0.4, -0.2) is 42.6 Å². The van der Waals surface area contributed by atoms with Crippen LogP contribution >= 0.6 is 0 Å². The van der Waals surface area contributed by atoms with Crippen molar-refractivity contribution >= 4 is 5.65 Å². The second-order valence-corrected chi connectivity index (χ2v) is 7.98. The highest BCUT2D eigenvalue weighted by Crippen LogP contribution is 2.41. The molecular weight excluding hydrogens is 399 g/mol. The van der Waals surface area contributed by atoms with E-state index >= 15 is 0 Å². The van der Waals surface area contributed by atoms with Crippen LogP contribution in [0.15, 0.2) is 24.5 Å². The van der Waals surface area contributed by atoms with Gasteiger partial charge in [-0.05, 0) is 36.6 Å². The Morgan fingerprint density at radius 3 is 2.81 bits per heavy atom. The molecule has 0 spiro atoms. The van der Waals surface area contributed by atoms with Crippen molar-refractivity contribution in [2.75, 3.05) is 13.2 Å². The molecule has 0 bridgehead atoms. The number of halogens is 1. The quantitative estimate of drug-likeness (QED) is 0.496. The molecule has 0 saturated heterocycles. The summed E-state index contributed by atoms with van der Waals surface area (Å²) in [4.78, 5) is 4.67. The van der Waals surface area contributed by atoms with Gasteiger partial charge in [-0.2, -0.15) is 5.10 Å². The zero-order valence-corrected chi connectivity index (χ0v) is 17.3. The maximum atomic E-state index is 14.7. The molecule has 3 aromatic heterocycles. The molecule has 6 rings (SSSR count). The Hall–Kier alpha value is -3.49. The molecule has 0 radical (unpaired) electrons. The van der Waals surface area contributed by atoms with Crippen molar-refractivity contribution in [3.63, 3.8) is 0 Å². The lowest BCUT2D eigenvalue weighted by Gasteiger charge is -2.15. The Kier molecular flexibility index (Phi) is 3.99. The van der Waals surface area contributed by atoms with E-state index < -0.39 is 0 Å². The highest BCUT2D eigenvalue weighted by molar-refractivity contribution is 5.75. The largest absolute Gasteiger partial charge is 0.493 e. The van der Waals surface area contributed by atoms with E-state index in [1.165, 1.54) is 6.07 Å². The number of pyridine rings is 1. The first-order valence-electron chi connectivity index (χ1n) is 10.5. The number of aromatic nitrogens is 6. The van der Waals surface area contributed by atoms with Gasteiger partial charge in [0.1, 0.15) is 23.6 Å². The molecule has 9 heteroatoms. The lowest BCUT2D eigenvalue weighted by molar-refractivity contribution is 0.246. The van der Waals surface area contributed by atoms with Crippen molar-refractivity contribution in [3.05, 3.63) is 53.0 Å². The highest BCUT2D eigenvalue weighted by Gasteiger charge is 2.32. The van der Waals surface area contributed by atoms with Gasteiger partial charge in [0.25, 0.3) is 0 Å². The Morgan fingerprint density at radius 2 is 2.00 bits per heavy atom. The first-order chi connectivity index (χ1) is 15.1. The van der Waals surface area contributed by atoms with Crippen molar-refractivity contribution in [2.24, 2.45) is 7.05 Å². The predicted molar refractivity (Wildman–Crippen MR) is 110 cm³/mol. The minimum Gasteiger partial charge on any atom is -0.493 e. The van der Waals surface area contributed by atoms with Gasteiger partial charge in [0.2, 0.25) is 0 Å². The molecule has 31 heavy (non-hydrogen) atoms. The van der Waals surface area contributed by atoms with Crippen molar-refractivity contribution < 1.29 is 13.9 Å². The second kappa shape index (κ2) is 6.76. The average Bonchev–Trinajstić information content (AvgIpc) is 3.50. The van der Waals surface area contributed by atoms with Crippen LogP contribution in [0.3, 0.4) is 0 Å². The zero-order valence-electron chi connectivity index (χ0n) is 17.3. The monoisotopic (exact) mass is 420 g/mol. The standard InChI is InChI=1S/C22H21FN6O2/c1-3-19-25-21(28(2)27-19)14-8-18-16(29-11-24-26-22(14)29)6-4-13-15(23)5-7-17-20(13)12(9-30-17)10-31-18/h5,7-8,11-12H,3-4,6,9-10H2,1-2H3/t12-/m1/s1. The summed E-state index contributed by atoms with van der Waals surface area (Å²) < 4.78 is 30.6. The summed E-state index contributed by atoms with van der Waals surface area (Å²) in [5.74, 6) is 2.76. The molecule has 0 N–H and O–H groups in total. The Labute approximate surface area is 177 Å². The molecule has 0 aliphatic carbocycles. The molecule has 0 amide bonds. The fourth-order valence-electron chi connectivity index (χ4n) is 4.65. The smallest absolute Gasteiger partial charge is 0.172 e. The maximum absolute atomic E-state index is 14.7. The summed E-state index contributed by atoms with van der Waals surface area (Å²) in [6, 6.07) is 5.17. The number of benzene rings is 1. The number of hydrogen-bond donors (Lipinski definition) is 0. The van der Waals surface area contributed by atoms with Gasteiger partial charge in [-0.1, -0.05) is 6.92 Å². The minimum absolute atomic E-state index is 0.00627. The van der Waals surface area contributed by atoms with Crippen molar-refractivity contribution in [3.8, 4) is 22.9 Å². The third-order valence-corrected chi connectivity index (χ3v) is 6.16. The molecule has 0 unspecified atom stereocenters. The number of fused-ring (bicyclic) bond motifs is 3. The number of nitrogens with zero attached hydrogens (tertiary/aromatic N) is 6. The molecular formula is C22H21FN6O2. The van der Waals surface area contributed by atoms with Gasteiger partial charge in [-0.25, -0.2) is 14.1 Å². The summed E-state index contributed by atoms with van der Waals surface area (Å²) in [5.41, 5.74) is 4.05. The van der Waals surface area contributed by atoms with Crippen LogP contribution in [0.2, 0.25) is 0 Å². The lowest BCUT2D eigenvalue weighted by atomic mass is 9.93. The van der Waals surface area contributed by atoms with E-state index in [0.717, 1.165) is 40.6 Å². The minimum atomic E-state index is -0.194. The average molecular weight is 420 g/mol. The Bertz CT molecular complexity index is 1330. The van der Waals surface area contributed by atoms with Crippen LogP contribution in [0.4, 0.5) is 4.39 Å². The SMILES string of the molecule is CCc1nc(-c2cc3c(n4cnnc24)CCc2c(F)ccc4c2[C@H](CO4)CO3)n(C)n1. The highest BCUT2D eigenvalue weighted by atomic mass is 19.1. The zero-order chi connectivity index (χ0) is 21.1. The summed E-state index contributed by atoms with van der Waals surface area (Å²) in [5, 5.41) is 13.0. The van der Waals surface area contributed by atoms with Gasteiger partial charge >= 0.3 is 0 Å². The van der Waals surface area contributed by atoms with E-state index in [1.54, 1.807) is 17.1 Å². The Balaban J connectivity index is 1.52. The molecule has 1 aromatic carbocycles. The van der Waals surface area contributed by atoms with E-state index in [2.05, 4.69) is 20.3 Å². The van der Waals surface area contributed by atoms with E-state index in [4.69, 9.17) is 9.47 Å². The van der Waals surface area contributed by atoms with Crippen LogP contribution in [-0.2, 0) is 26.3 Å². The molecule has 8 nitrogen and oxygen atoms in total. The summed E-state index contributed by atoms with van der Waals surface area (Å²) in [6.45, 7) is 2.92. The van der Waals surface area contributed by atoms with Gasteiger partial charge in [-0.3, -0.25) is 4.40 Å². The Morgan fingerprint density at radius 1 is 1.16 bits per heavy atom. The van der Waals surface area contributed by atoms with Crippen LogP contribution < -0.4 is 9.47 Å². The van der Waals surface area contributed by atoms with Crippen molar-refractivity contribution in [1.29, 1.82) is 0 Å². The van der Waals surface area contributed by atoms with Gasteiger partial charge in [0.15, 0.2) is 17.3 Å². The fraction of sp³-hybridized carbons (Fsp3) is 0.364. The van der Waals surface area contributed by atoms with Crippen molar-refractivity contribution in [2.45, 2.75) is 32.1 Å². The maximum Gasteiger partial charge on any atom is 0.172 e. The molecule has 0 saturated carbocycles. The summed E-state index contributed by atoms with van der Waals surface area (Å²) >= 11 is 0. The molecule has 0 fully saturated rings. The number of aryl methyl sites for hydroxylation is 3. The van der Waals surface area contributed by atoms with Crippen LogP contribution in [0.5, 0.6) is 11.5 Å². The molecule has 2 aliphatic rings. The van der Waals surface area contributed by atoms with E-state index in [9.17, 15) is 4.39 Å². The molecule has 5 heterocycles. The second-order valence-electron chi connectivity index (χ2n) is 7.98. The van der Waals surface area contributed by atoms with Gasteiger partial charge in [-0.15, -0.1) is 10.2 Å². The lowest BCUT2D eigenvalue weighted by Crippen LogP contribution is -2.13. The van der Waals surface area contributed by atoms with Crippen LogP contribution in [0.1, 0.15) is 35.5 Å². The van der Waals surface area contributed by atoms with Crippen LogP contribution in [0, 0.1) is 5.82 Å². The molecule has 4 aromatic rings. The van der Waals surface area contributed by atoms with E-state index in [0.29, 0.717) is 43.1 Å². The van der Waals surface area contributed by atoms with Gasteiger partial charge < -0.3 is 9.47 Å². The third kappa shape index (κ3) is 2.72. The molecule has 2 aliphatic heterocycles. The van der Waals surface area contributed by atoms with Gasteiger partial charge in [0, 0.05) is 19.0 Å². The topological polar surface area (TPSA) is 79.4 Å². The van der Waals surface area contributed by atoms with Crippen molar-refractivity contribution in [1.82, 2.24) is 29.4 Å². The normalized spacial score (nSPS) is 17.3. The van der Waals surface area contributed by atoms with Crippen LogP contribution in [0.25, 0.3) is 17.0 Å². The molecule has 158 valence electrons. The van der Waals surface area contributed by atoms with E-state index in [-0.39, 0.29) is 11.7 Å². The third-order valence-electron chi connectivity index (χ3n) is 6.16. The fourth-order valence-corrected chi connectivity index (χ4v) is 4.65. The van der Waals surface area contributed by atoms with Gasteiger partial charge in [0.05, 0.1) is 30.4 Å². The first-order valence-corrected chi connectivity index (χ1v) is 10.5. The molecule has 1 atom stereocenters. The summed E-state index contributed by atoms with van der Waals surface area (Å²) in [6.07, 6.45) is 3.55. The first kappa shape index (κ1) is 18.3. The number of ether oxygens (including phenoxy) is 2. The number of hydrogen-bond acceptors (Lipinski definition) is 6. The van der Waals surface area contributed by atoms with E-state index in [1.807, 2.05) is 24.4 Å². The summed E-state index contributed by atoms with van der Waals surface area (Å²) in [7, 11) is 1.87.